The van der Waals surface area contributed by atoms with Crippen molar-refractivity contribution in [1.29, 1.82) is 0 Å². The second-order valence-corrected chi connectivity index (χ2v) is 7.14. The van der Waals surface area contributed by atoms with Gasteiger partial charge in [-0.05, 0) is 6.07 Å². The number of nitro benzene ring substituents is 1. The molecular weight excluding hydrogens is 390 g/mol. The number of carbonyl (C=O) groups excluding carboxylic acids is 1. The van der Waals surface area contributed by atoms with E-state index < -0.39 is 22.0 Å². The normalized spacial score (nSPS) is 21.3. The number of carboxylic acid groups (broad SMARTS) is 1. The van der Waals surface area contributed by atoms with Gasteiger partial charge in [-0.25, -0.2) is 0 Å². The highest BCUT2D eigenvalue weighted by atomic mass is 32.2. The van der Waals surface area contributed by atoms with Gasteiger partial charge < -0.3 is 20.1 Å². The van der Waals surface area contributed by atoms with Crippen LogP contribution in [0, 0.1) is 10.1 Å². The van der Waals surface area contributed by atoms with E-state index in [-0.39, 0.29) is 17.3 Å². The highest BCUT2D eigenvalue weighted by Gasteiger charge is 2.32. The van der Waals surface area contributed by atoms with Crippen LogP contribution >= 0.6 is 11.8 Å². The van der Waals surface area contributed by atoms with Gasteiger partial charge in [-0.15, -0.1) is 5.10 Å². The zero-order valence-electron chi connectivity index (χ0n) is 14.6. The third kappa shape index (κ3) is 4.84. The maximum absolute atomic E-state index is 11.6. The molecule has 1 atom stereocenters. The number of ether oxygens (including phenoxy) is 1. The number of aliphatic carboxylic acids is 1. The Morgan fingerprint density at radius 3 is 2.89 bits per heavy atom. The molecule has 12 heteroatoms. The van der Waals surface area contributed by atoms with Crippen molar-refractivity contribution in [2.45, 2.75) is 11.7 Å². The zero-order chi connectivity index (χ0) is 20.1. The largest absolute Gasteiger partial charge is 0.481 e. The summed E-state index contributed by atoms with van der Waals surface area (Å²) in [6.07, 6.45) is 1.02. The summed E-state index contributed by atoms with van der Waals surface area (Å²) < 4.78 is 5.27. The van der Waals surface area contributed by atoms with Crippen LogP contribution in [0.5, 0.6) is 0 Å². The number of thioether (sulfide) groups is 1. The van der Waals surface area contributed by atoms with E-state index in [1.165, 1.54) is 12.3 Å². The number of carbonyl (C=O) groups is 2. The fourth-order valence-electron chi connectivity index (χ4n) is 2.73. The molecule has 1 aromatic carbocycles. The number of nitrogens with zero attached hydrogens (tertiary/aromatic N) is 4. The van der Waals surface area contributed by atoms with E-state index in [1.54, 1.807) is 12.1 Å². The van der Waals surface area contributed by atoms with Crippen LogP contribution in [-0.2, 0) is 14.3 Å². The molecule has 2 N–H and O–H groups in total. The molecular formula is C16H17N5O6S. The summed E-state index contributed by atoms with van der Waals surface area (Å²) in [4.78, 5) is 35.2. The van der Waals surface area contributed by atoms with Crippen molar-refractivity contribution < 1.29 is 24.4 Å². The number of amides is 1. The Morgan fingerprint density at radius 1 is 1.46 bits per heavy atom. The van der Waals surface area contributed by atoms with Crippen LogP contribution < -0.4 is 10.2 Å². The number of hydrogen-bond acceptors (Lipinski definition) is 9. The summed E-state index contributed by atoms with van der Waals surface area (Å²) >= 11 is 0.980. The summed E-state index contributed by atoms with van der Waals surface area (Å²) in [5.74, 6) is -1.52. The van der Waals surface area contributed by atoms with Gasteiger partial charge >= 0.3 is 5.97 Å². The Bertz CT molecular complexity index is 852. The van der Waals surface area contributed by atoms with Gasteiger partial charge in [0.05, 0.1) is 30.8 Å². The lowest BCUT2D eigenvalue weighted by molar-refractivity contribution is -0.384. The highest BCUT2D eigenvalue weighted by molar-refractivity contribution is 8.15. The number of anilines is 1. The molecule has 0 bridgehead atoms. The van der Waals surface area contributed by atoms with Crippen molar-refractivity contribution in [2.24, 2.45) is 10.2 Å². The number of amidine groups is 1. The minimum absolute atomic E-state index is 0.0384. The van der Waals surface area contributed by atoms with Gasteiger partial charge in [-0.1, -0.05) is 17.8 Å². The number of morpholine rings is 1. The molecule has 2 heterocycles. The van der Waals surface area contributed by atoms with E-state index in [9.17, 15) is 19.7 Å². The molecule has 1 unspecified atom stereocenters. The maximum Gasteiger partial charge on any atom is 0.305 e. The maximum atomic E-state index is 11.6. The summed E-state index contributed by atoms with van der Waals surface area (Å²) in [5.41, 5.74) is 0.958. The van der Waals surface area contributed by atoms with Gasteiger partial charge in [-0.3, -0.25) is 19.7 Å². The average molecular weight is 407 g/mol. The van der Waals surface area contributed by atoms with Gasteiger partial charge in [0.15, 0.2) is 5.17 Å². The first kappa shape index (κ1) is 19.8. The van der Waals surface area contributed by atoms with Crippen LogP contribution in [-0.4, -0.2) is 64.8 Å². The van der Waals surface area contributed by atoms with Crippen LogP contribution in [0.1, 0.15) is 12.0 Å². The van der Waals surface area contributed by atoms with E-state index in [0.29, 0.717) is 37.6 Å². The quantitative estimate of drug-likeness (QED) is 0.400. The van der Waals surface area contributed by atoms with E-state index in [1.807, 2.05) is 4.90 Å². The van der Waals surface area contributed by atoms with Crippen molar-refractivity contribution in [3.05, 3.63) is 33.9 Å². The standard InChI is InChI=1S/C16H17N5O6S/c22-14(23)8-13-15(24)18-16(28-13)19-17-9-10-1-2-11(12(7-10)21(25)26)20-3-5-27-6-4-20/h1-2,7,9,13H,3-6,8H2,(H,22,23)(H,18,19,24). The minimum atomic E-state index is -1.08. The summed E-state index contributed by atoms with van der Waals surface area (Å²) in [6, 6.07) is 4.75. The van der Waals surface area contributed by atoms with E-state index in [0.717, 1.165) is 11.8 Å². The molecule has 3 rings (SSSR count). The zero-order valence-corrected chi connectivity index (χ0v) is 15.4. The molecule has 28 heavy (non-hydrogen) atoms. The van der Waals surface area contributed by atoms with Gasteiger partial charge in [-0.2, -0.15) is 5.10 Å². The van der Waals surface area contributed by atoms with Crippen LogP contribution in [0.4, 0.5) is 11.4 Å². The fraction of sp³-hybridized carbons (Fsp3) is 0.375. The number of benzene rings is 1. The Kier molecular flexibility index (Phi) is 6.21. The summed E-state index contributed by atoms with van der Waals surface area (Å²) in [6.45, 7) is 2.20. The topological polar surface area (TPSA) is 147 Å². The molecule has 0 aliphatic carbocycles. The third-order valence-electron chi connectivity index (χ3n) is 4.04. The first-order valence-corrected chi connectivity index (χ1v) is 9.23. The highest BCUT2D eigenvalue weighted by Crippen LogP contribution is 2.29. The number of nitro groups is 1. The smallest absolute Gasteiger partial charge is 0.305 e. The summed E-state index contributed by atoms with van der Waals surface area (Å²) in [5, 5.41) is 29.8. The van der Waals surface area contributed by atoms with Crippen LogP contribution in [0.2, 0.25) is 0 Å². The van der Waals surface area contributed by atoms with Gasteiger partial charge in [0.25, 0.3) is 5.69 Å². The monoisotopic (exact) mass is 407 g/mol. The molecule has 148 valence electrons. The number of carboxylic acids is 1. The lowest BCUT2D eigenvalue weighted by Gasteiger charge is -2.28. The predicted molar refractivity (Wildman–Crippen MR) is 103 cm³/mol. The number of nitrogens with one attached hydrogen (secondary N) is 1. The average Bonchev–Trinajstić information content (AvgIpc) is 3.01. The van der Waals surface area contributed by atoms with Crippen molar-refractivity contribution >= 4 is 46.4 Å². The number of hydrogen-bond donors (Lipinski definition) is 2. The van der Waals surface area contributed by atoms with Crippen LogP contribution in [0.15, 0.2) is 28.4 Å². The van der Waals surface area contributed by atoms with Gasteiger partial charge in [0.1, 0.15) is 10.9 Å². The molecule has 2 saturated heterocycles. The molecule has 2 fully saturated rings. The number of rotatable bonds is 6. The Hall–Kier alpha value is -2.99. The second kappa shape index (κ2) is 8.80. The van der Waals surface area contributed by atoms with Crippen LogP contribution in [0.3, 0.4) is 0 Å². The molecule has 0 spiro atoms. The molecule has 0 aromatic heterocycles. The molecule has 0 saturated carbocycles. The first-order chi connectivity index (χ1) is 13.4. The minimum Gasteiger partial charge on any atom is -0.481 e. The predicted octanol–water partition coefficient (Wildman–Crippen LogP) is 0.828. The van der Waals surface area contributed by atoms with Gasteiger partial charge in [0, 0.05) is 24.7 Å². The van der Waals surface area contributed by atoms with Crippen molar-refractivity contribution in [1.82, 2.24) is 5.32 Å². The molecule has 1 amide bonds. The van der Waals surface area contributed by atoms with Crippen molar-refractivity contribution in [2.75, 3.05) is 31.2 Å². The molecule has 2 aliphatic rings. The fourth-order valence-corrected chi connectivity index (χ4v) is 3.65. The first-order valence-electron chi connectivity index (χ1n) is 8.35. The molecule has 0 radical (unpaired) electrons. The van der Waals surface area contributed by atoms with E-state index in [2.05, 4.69) is 15.5 Å². The summed E-state index contributed by atoms with van der Waals surface area (Å²) in [7, 11) is 0. The van der Waals surface area contributed by atoms with Crippen molar-refractivity contribution in [3.8, 4) is 0 Å². The third-order valence-corrected chi connectivity index (χ3v) is 5.11. The Labute approximate surface area is 163 Å². The Balaban J connectivity index is 1.72. The van der Waals surface area contributed by atoms with E-state index >= 15 is 0 Å². The SMILES string of the molecule is O=C(O)CC1SC(=NN=Cc2ccc(N3CCOCC3)c([N+](=O)[O-])c2)NC1=O. The molecule has 2 aliphatic heterocycles. The van der Waals surface area contributed by atoms with E-state index in [4.69, 9.17) is 9.84 Å². The van der Waals surface area contributed by atoms with Crippen LogP contribution in [0.25, 0.3) is 0 Å². The molecule has 1 aromatic rings. The second-order valence-electron chi connectivity index (χ2n) is 5.95. The lowest BCUT2D eigenvalue weighted by atomic mass is 10.1. The molecule has 11 nitrogen and oxygen atoms in total. The lowest BCUT2D eigenvalue weighted by Crippen LogP contribution is -2.36. The Morgan fingerprint density at radius 2 is 2.21 bits per heavy atom. The van der Waals surface area contributed by atoms with Crippen molar-refractivity contribution in [3.63, 3.8) is 0 Å². The van der Waals surface area contributed by atoms with Gasteiger partial charge in [0.2, 0.25) is 5.91 Å².